The molecule has 2 unspecified atom stereocenters. The first-order chi connectivity index (χ1) is 13.3. The van der Waals surface area contributed by atoms with Crippen molar-refractivity contribution in [1.82, 2.24) is 0 Å². The van der Waals surface area contributed by atoms with E-state index in [1.54, 1.807) is 36.4 Å². The Morgan fingerprint density at radius 1 is 0.857 bits per heavy atom. The van der Waals surface area contributed by atoms with Crippen molar-refractivity contribution in [2.75, 3.05) is 10.6 Å². The third-order valence-electron chi connectivity index (χ3n) is 4.95. The van der Waals surface area contributed by atoms with Crippen molar-refractivity contribution in [3.05, 3.63) is 60.2 Å². The van der Waals surface area contributed by atoms with Gasteiger partial charge in [0, 0.05) is 22.9 Å². The molecule has 4 nitrogen and oxygen atoms in total. The molecule has 0 aromatic heterocycles. The SMILES string of the molecule is O=C(Nc1ccccc1)c1ccc(NC(=O)C2CCCC(C(F)(F)F)C2)cc1. The fourth-order valence-electron chi connectivity index (χ4n) is 3.40. The van der Waals surface area contributed by atoms with E-state index in [-0.39, 0.29) is 18.7 Å². The molecule has 0 aliphatic heterocycles. The van der Waals surface area contributed by atoms with Gasteiger partial charge in [-0.25, -0.2) is 0 Å². The van der Waals surface area contributed by atoms with Crippen molar-refractivity contribution in [1.29, 1.82) is 0 Å². The number of anilines is 2. The number of benzene rings is 2. The molecule has 2 aromatic carbocycles. The van der Waals surface area contributed by atoms with Crippen LogP contribution in [-0.4, -0.2) is 18.0 Å². The highest BCUT2D eigenvalue weighted by atomic mass is 19.4. The Morgan fingerprint density at radius 3 is 2.14 bits per heavy atom. The van der Waals surface area contributed by atoms with Crippen molar-refractivity contribution in [2.45, 2.75) is 31.9 Å². The molecule has 0 bridgehead atoms. The van der Waals surface area contributed by atoms with Gasteiger partial charge in [0.1, 0.15) is 0 Å². The molecule has 1 aliphatic rings. The zero-order chi connectivity index (χ0) is 20.1. The number of carbonyl (C=O) groups is 2. The van der Waals surface area contributed by atoms with Crippen LogP contribution in [0.25, 0.3) is 0 Å². The topological polar surface area (TPSA) is 58.2 Å². The maximum atomic E-state index is 12.9. The third kappa shape index (κ3) is 5.12. The molecule has 7 heteroatoms. The maximum Gasteiger partial charge on any atom is 0.391 e. The van der Waals surface area contributed by atoms with E-state index in [4.69, 9.17) is 0 Å². The number of carbonyl (C=O) groups excluding carboxylic acids is 2. The molecule has 1 fully saturated rings. The highest BCUT2D eigenvalue weighted by Gasteiger charge is 2.43. The zero-order valence-corrected chi connectivity index (χ0v) is 15.1. The lowest BCUT2D eigenvalue weighted by Crippen LogP contribution is -2.34. The van der Waals surface area contributed by atoms with Gasteiger partial charge in [0.2, 0.25) is 5.91 Å². The van der Waals surface area contributed by atoms with Crippen LogP contribution >= 0.6 is 0 Å². The number of para-hydroxylation sites is 1. The van der Waals surface area contributed by atoms with Gasteiger partial charge in [-0.3, -0.25) is 9.59 Å². The van der Waals surface area contributed by atoms with Gasteiger partial charge in [-0.1, -0.05) is 24.6 Å². The van der Waals surface area contributed by atoms with Gasteiger partial charge in [-0.2, -0.15) is 13.2 Å². The van der Waals surface area contributed by atoms with Crippen molar-refractivity contribution in [3.8, 4) is 0 Å². The second-order valence-electron chi connectivity index (χ2n) is 6.99. The molecule has 148 valence electrons. The van der Waals surface area contributed by atoms with Crippen LogP contribution in [0.1, 0.15) is 36.0 Å². The van der Waals surface area contributed by atoms with Crippen LogP contribution in [0.15, 0.2) is 54.6 Å². The zero-order valence-electron chi connectivity index (χ0n) is 15.1. The largest absolute Gasteiger partial charge is 0.391 e. The van der Waals surface area contributed by atoms with E-state index in [0.717, 1.165) is 0 Å². The van der Waals surface area contributed by atoms with Crippen LogP contribution in [0.2, 0.25) is 0 Å². The first kappa shape index (κ1) is 19.9. The minimum absolute atomic E-state index is 0.0818. The summed E-state index contributed by atoms with van der Waals surface area (Å²) in [5.41, 5.74) is 1.54. The van der Waals surface area contributed by atoms with E-state index < -0.39 is 23.9 Å². The molecule has 2 amide bonds. The molecule has 0 heterocycles. The van der Waals surface area contributed by atoms with Gasteiger partial charge in [0.15, 0.2) is 0 Å². The number of hydrogen-bond donors (Lipinski definition) is 2. The molecular formula is C21H21F3N2O2. The summed E-state index contributed by atoms with van der Waals surface area (Å²) in [6.07, 6.45) is -3.51. The van der Waals surface area contributed by atoms with Crippen LogP contribution in [0.3, 0.4) is 0 Å². The molecule has 2 aromatic rings. The first-order valence-electron chi connectivity index (χ1n) is 9.17. The first-order valence-corrected chi connectivity index (χ1v) is 9.17. The van der Waals surface area contributed by atoms with Gasteiger partial charge in [0.25, 0.3) is 5.91 Å². The maximum absolute atomic E-state index is 12.9. The molecule has 0 saturated heterocycles. The Balaban J connectivity index is 1.58. The normalized spacial score (nSPS) is 19.7. The second-order valence-corrected chi connectivity index (χ2v) is 6.99. The van der Waals surface area contributed by atoms with Gasteiger partial charge >= 0.3 is 6.18 Å². The van der Waals surface area contributed by atoms with E-state index in [1.807, 2.05) is 18.2 Å². The summed E-state index contributed by atoms with van der Waals surface area (Å²) < 4.78 is 38.7. The second kappa shape index (κ2) is 8.46. The number of amides is 2. The standard InChI is InChI=1S/C21H21F3N2O2/c22-21(23,24)16-6-4-5-15(13-16)20(28)26-18-11-9-14(10-12-18)19(27)25-17-7-2-1-3-8-17/h1-3,7-12,15-16H,4-6,13H2,(H,25,27)(H,26,28). The molecule has 1 saturated carbocycles. The minimum atomic E-state index is -4.26. The van der Waals surface area contributed by atoms with Crippen molar-refractivity contribution in [2.24, 2.45) is 11.8 Å². The Kier molecular flexibility index (Phi) is 6.02. The summed E-state index contributed by atoms with van der Waals surface area (Å²) in [4.78, 5) is 24.6. The van der Waals surface area contributed by atoms with Gasteiger partial charge < -0.3 is 10.6 Å². The molecule has 1 aliphatic carbocycles. The summed E-state index contributed by atoms with van der Waals surface area (Å²) in [6.45, 7) is 0. The third-order valence-corrected chi connectivity index (χ3v) is 4.95. The van der Waals surface area contributed by atoms with Crippen molar-refractivity contribution in [3.63, 3.8) is 0 Å². The minimum Gasteiger partial charge on any atom is -0.326 e. The molecule has 3 rings (SSSR count). The van der Waals surface area contributed by atoms with E-state index in [1.165, 1.54) is 0 Å². The summed E-state index contributed by atoms with van der Waals surface area (Å²) in [5.74, 6) is -2.76. The average Bonchev–Trinajstić information content (AvgIpc) is 2.69. The Labute approximate surface area is 161 Å². The number of halogens is 3. The number of alkyl halides is 3. The molecular weight excluding hydrogens is 369 g/mol. The average molecular weight is 390 g/mol. The summed E-state index contributed by atoms with van der Waals surface area (Å²) >= 11 is 0. The Morgan fingerprint density at radius 2 is 1.50 bits per heavy atom. The van der Waals surface area contributed by atoms with Gasteiger partial charge in [-0.15, -0.1) is 0 Å². The Hall–Kier alpha value is -2.83. The number of hydrogen-bond acceptors (Lipinski definition) is 2. The van der Waals surface area contributed by atoms with Crippen molar-refractivity contribution >= 4 is 23.2 Å². The molecule has 2 atom stereocenters. The highest BCUT2D eigenvalue weighted by molar-refractivity contribution is 6.04. The van der Waals surface area contributed by atoms with Crippen LogP contribution < -0.4 is 10.6 Å². The summed E-state index contributed by atoms with van der Waals surface area (Å²) in [6, 6.07) is 15.3. The summed E-state index contributed by atoms with van der Waals surface area (Å²) in [5, 5.41) is 5.42. The molecule has 0 radical (unpaired) electrons. The van der Waals surface area contributed by atoms with Crippen molar-refractivity contribution < 1.29 is 22.8 Å². The monoisotopic (exact) mass is 390 g/mol. The predicted octanol–water partition coefficient (Wildman–Crippen LogP) is 5.25. The smallest absolute Gasteiger partial charge is 0.326 e. The van der Waals surface area contributed by atoms with Crippen LogP contribution in [0, 0.1) is 11.8 Å². The van der Waals surface area contributed by atoms with Gasteiger partial charge in [0.05, 0.1) is 5.92 Å². The summed E-state index contributed by atoms with van der Waals surface area (Å²) in [7, 11) is 0. The van der Waals surface area contributed by atoms with Crippen LogP contribution in [0.4, 0.5) is 24.5 Å². The number of nitrogens with one attached hydrogen (secondary N) is 2. The fourth-order valence-corrected chi connectivity index (χ4v) is 3.40. The molecule has 2 N–H and O–H groups in total. The van der Waals surface area contributed by atoms with E-state index in [2.05, 4.69) is 10.6 Å². The Bertz CT molecular complexity index is 820. The highest BCUT2D eigenvalue weighted by Crippen LogP contribution is 2.40. The van der Waals surface area contributed by atoms with Crippen LogP contribution in [0.5, 0.6) is 0 Å². The fraction of sp³-hybridized carbons (Fsp3) is 0.333. The van der Waals surface area contributed by atoms with E-state index >= 15 is 0 Å². The van der Waals surface area contributed by atoms with E-state index in [0.29, 0.717) is 29.8 Å². The lowest BCUT2D eigenvalue weighted by Gasteiger charge is -2.29. The molecule has 0 spiro atoms. The lowest BCUT2D eigenvalue weighted by atomic mass is 9.80. The van der Waals surface area contributed by atoms with Gasteiger partial charge in [-0.05, 0) is 55.7 Å². The molecule has 28 heavy (non-hydrogen) atoms. The van der Waals surface area contributed by atoms with Crippen LogP contribution in [-0.2, 0) is 4.79 Å². The predicted molar refractivity (Wildman–Crippen MR) is 101 cm³/mol. The lowest BCUT2D eigenvalue weighted by molar-refractivity contribution is -0.185. The number of rotatable bonds is 4. The van der Waals surface area contributed by atoms with E-state index in [9.17, 15) is 22.8 Å². The quantitative estimate of drug-likeness (QED) is 0.750.